The van der Waals surface area contributed by atoms with E-state index in [1.54, 1.807) is 30.2 Å². The van der Waals surface area contributed by atoms with E-state index < -0.39 is 29.7 Å². The molecule has 236 valence electrons. The molecule has 7 nitrogen and oxygen atoms in total. The minimum Gasteiger partial charge on any atom is -0.390 e. The van der Waals surface area contributed by atoms with E-state index in [9.17, 15) is 23.5 Å². The number of carbonyl (C=O) groups excluding carboxylic acids is 2. The van der Waals surface area contributed by atoms with Gasteiger partial charge in [0.2, 0.25) is 0 Å². The Labute approximate surface area is 258 Å². The lowest BCUT2D eigenvalue weighted by molar-refractivity contribution is 0.0630. The van der Waals surface area contributed by atoms with Gasteiger partial charge in [-0.25, -0.2) is 8.78 Å². The summed E-state index contributed by atoms with van der Waals surface area (Å²) in [6.07, 6.45) is 0.659. The van der Waals surface area contributed by atoms with Gasteiger partial charge in [-0.3, -0.25) is 9.59 Å². The van der Waals surface area contributed by atoms with E-state index in [-0.39, 0.29) is 30.5 Å². The maximum atomic E-state index is 14.0. The first-order chi connectivity index (χ1) is 21.0. The molecule has 0 saturated carbocycles. The number of nitrogens with zero attached hydrogens (tertiary/aromatic N) is 1. The summed E-state index contributed by atoms with van der Waals surface area (Å²) >= 11 is 0. The molecule has 9 heteroatoms. The monoisotopic (exact) mass is 607 g/mol. The number of aryl methyl sites for hydroxylation is 1. The molecule has 0 radical (unpaired) electrons. The molecule has 3 N–H and O–H groups in total. The zero-order valence-electron chi connectivity index (χ0n) is 25.9. The molecule has 0 spiro atoms. The fourth-order valence-corrected chi connectivity index (χ4v) is 5.76. The first-order valence-corrected chi connectivity index (χ1v) is 15.2. The van der Waals surface area contributed by atoms with Crippen molar-refractivity contribution in [3.63, 3.8) is 0 Å². The molecule has 1 fully saturated rings. The Kier molecular flexibility index (Phi) is 11.6. The Balaban J connectivity index is 1.51. The summed E-state index contributed by atoms with van der Waals surface area (Å²) in [4.78, 5) is 28.8. The van der Waals surface area contributed by atoms with Crippen LogP contribution in [0.2, 0.25) is 0 Å². The van der Waals surface area contributed by atoms with Crippen molar-refractivity contribution in [1.82, 2.24) is 15.5 Å². The van der Waals surface area contributed by atoms with Crippen LogP contribution in [0.3, 0.4) is 0 Å². The maximum absolute atomic E-state index is 14.0. The quantitative estimate of drug-likeness (QED) is 0.251. The first-order valence-electron chi connectivity index (χ1n) is 15.2. The lowest BCUT2D eigenvalue weighted by atomic mass is 9.99. The van der Waals surface area contributed by atoms with E-state index in [2.05, 4.69) is 36.6 Å². The molecule has 1 aliphatic rings. The summed E-state index contributed by atoms with van der Waals surface area (Å²) in [7, 11) is 1.61. The van der Waals surface area contributed by atoms with Gasteiger partial charge in [0.05, 0.1) is 24.8 Å². The van der Waals surface area contributed by atoms with Gasteiger partial charge in [-0.1, -0.05) is 38.1 Å². The van der Waals surface area contributed by atoms with Crippen molar-refractivity contribution in [2.75, 3.05) is 26.8 Å². The van der Waals surface area contributed by atoms with Crippen molar-refractivity contribution in [2.45, 2.75) is 70.7 Å². The SMILES string of the molecule is COC[C@H]1CCCN1C(=O)c1cc(C)cc(C(=O)N[C@@H](Cc2cc(F)cc(F)c2)[C@@H](O)CNCc2cccc(C(C)C)c2)c1. The van der Waals surface area contributed by atoms with Crippen molar-refractivity contribution < 1.29 is 28.2 Å². The van der Waals surface area contributed by atoms with Crippen molar-refractivity contribution in [3.8, 4) is 0 Å². The minimum absolute atomic E-state index is 0.00379. The Bertz CT molecular complexity index is 1430. The molecule has 44 heavy (non-hydrogen) atoms. The van der Waals surface area contributed by atoms with E-state index in [1.807, 2.05) is 19.1 Å². The third-order valence-corrected chi connectivity index (χ3v) is 8.04. The van der Waals surface area contributed by atoms with E-state index >= 15 is 0 Å². The second-order valence-electron chi connectivity index (χ2n) is 12.0. The summed E-state index contributed by atoms with van der Waals surface area (Å²) in [6, 6.07) is 15.4. The number of methoxy groups -OCH3 is 1. The fraction of sp³-hybridized carbons (Fsp3) is 0.429. The summed E-state index contributed by atoms with van der Waals surface area (Å²) in [5, 5.41) is 17.3. The number of aliphatic hydroxyl groups is 1. The number of likely N-dealkylation sites (tertiary alicyclic amines) is 1. The van der Waals surface area contributed by atoms with Gasteiger partial charge in [-0.05, 0) is 84.7 Å². The average Bonchev–Trinajstić information content (AvgIpc) is 3.44. The topological polar surface area (TPSA) is 90.9 Å². The first kappa shape index (κ1) is 33.2. The Morgan fingerprint density at radius 3 is 2.45 bits per heavy atom. The number of hydrogen-bond donors (Lipinski definition) is 3. The number of carbonyl (C=O) groups is 2. The van der Waals surface area contributed by atoms with Crippen LogP contribution in [0, 0.1) is 18.6 Å². The lowest BCUT2D eigenvalue weighted by Crippen LogP contribution is -2.48. The van der Waals surface area contributed by atoms with Gasteiger partial charge in [0.15, 0.2) is 0 Å². The highest BCUT2D eigenvalue weighted by Crippen LogP contribution is 2.22. The molecular formula is C35H43F2N3O4. The van der Waals surface area contributed by atoms with Crippen LogP contribution in [-0.2, 0) is 17.7 Å². The lowest BCUT2D eigenvalue weighted by Gasteiger charge is -2.26. The Hall–Kier alpha value is -3.66. The number of nitrogens with one attached hydrogen (secondary N) is 2. The second-order valence-corrected chi connectivity index (χ2v) is 12.0. The highest BCUT2D eigenvalue weighted by atomic mass is 19.1. The van der Waals surface area contributed by atoms with Crippen molar-refractivity contribution in [2.24, 2.45) is 0 Å². The average molecular weight is 608 g/mol. The summed E-state index contributed by atoms with van der Waals surface area (Å²) in [6.45, 7) is 7.74. The van der Waals surface area contributed by atoms with Gasteiger partial charge in [0, 0.05) is 43.9 Å². The van der Waals surface area contributed by atoms with Crippen LogP contribution in [-0.4, -0.2) is 66.8 Å². The Morgan fingerprint density at radius 2 is 1.75 bits per heavy atom. The van der Waals surface area contributed by atoms with E-state index in [0.717, 1.165) is 30.0 Å². The van der Waals surface area contributed by atoms with Gasteiger partial charge in [0.25, 0.3) is 11.8 Å². The highest BCUT2D eigenvalue weighted by Gasteiger charge is 2.30. The molecule has 0 aromatic heterocycles. The van der Waals surface area contributed by atoms with Crippen LogP contribution in [0.25, 0.3) is 0 Å². The zero-order valence-corrected chi connectivity index (χ0v) is 25.9. The second kappa shape index (κ2) is 15.4. The third kappa shape index (κ3) is 8.94. The van der Waals surface area contributed by atoms with Gasteiger partial charge in [0.1, 0.15) is 11.6 Å². The van der Waals surface area contributed by atoms with Crippen LogP contribution in [0.5, 0.6) is 0 Å². The van der Waals surface area contributed by atoms with E-state index in [0.29, 0.717) is 36.7 Å². The maximum Gasteiger partial charge on any atom is 0.254 e. The van der Waals surface area contributed by atoms with Crippen molar-refractivity contribution in [3.05, 3.63) is 106 Å². The Morgan fingerprint density at radius 1 is 1.02 bits per heavy atom. The predicted molar refractivity (Wildman–Crippen MR) is 167 cm³/mol. The molecule has 2 amide bonds. The molecule has 4 rings (SSSR count). The van der Waals surface area contributed by atoms with Crippen LogP contribution in [0.1, 0.15) is 75.6 Å². The number of rotatable bonds is 13. The fourth-order valence-electron chi connectivity index (χ4n) is 5.76. The van der Waals surface area contributed by atoms with Gasteiger partial charge < -0.3 is 25.4 Å². The van der Waals surface area contributed by atoms with Crippen LogP contribution < -0.4 is 10.6 Å². The normalized spacial score (nSPS) is 16.3. The largest absolute Gasteiger partial charge is 0.390 e. The van der Waals surface area contributed by atoms with E-state index in [1.165, 1.54) is 17.7 Å². The van der Waals surface area contributed by atoms with Gasteiger partial charge in [-0.15, -0.1) is 0 Å². The molecule has 1 aliphatic heterocycles. The van der Waals surface area contributed by atoms with Gasteiger partial charge in [-0.2, -0.15) is 0 Å². The molecule has 3 aromatic carbocycles. The number of ether oxygens (including phenoxy) is 1. The summed E-state index contributed by atoms with van der Waals surface area (Å²) in [5.74, 6) is -1.76. The van der Waals surface area contributed by atoms with Crippen LogP contribution >= 0.6 is 0 Å². The van der Waals surface area contributed by atoms with Crippen molar-refractivity contribution >= 4 is 11.8 Å². The summed E-state index contributed by atoms with van der Waals surface area (Å²) in [5.41, 5.74) is 3.95. The number of benzene rings is 3. The van der Waals surface area contributed by atoms with Gasteiger partial charge >= 0.3 is 0 Å². The standard InChI is InChI=1S/C35H43F2N3O4/c1-22(2)26-8-5-7-24(13-26)19-38-20-33(41)32(16-25-14-29(36)18-30(37)15-25)39-34(42)27-11-23(3)12-28(17-27)35(43)40-10-6-9-31(40)21-44-4/h5,7-8,11-15,17-18,22,31-33,38,41H,6,9-10,16,19-21H2,1-4H3,(H,39,42)/t31-,32+,33+/m1/s1. The molecule has 0 unspecified atom stereocenters. The van der Waals surface area contributed by atoms with E-state index in [4.69, 9.17) is 4.74 Å². The highest BCUT2D eigenvalue weighted by molar-refractivity contribution is 6.00. The smallest absolute Gasteiger partial charge is 0.254 e. The molecule has 1 heterocycles. The van der Waals surface area contributed by atoms with Crippen LogP contribution in [0.15, 0.2) is 60.7 Å². The third-order valence-electron chi connectivity index (χ3n) is 8.04. The number of aliphatic hydroxyl groups excluding tert-OH is 1. The predicted octanol–water partition coefficient (Wildman–Crippen LogP) is 5.14. The number of halogens is 2. The number of amides is 2. The summed E-state index contributed by atoms with van der Waals surface area (Å²) < 4.78 is 33.3. The van der Waals surface area contributed by atoms with Crippen molar-refractivity contribution in [1.29, 1.82) is 0 Å². The zero-order chi connectivity index (χ0) is 31.8. The molecule has 0 bridgehead atoms. The molecule has 3 atom stereocenters. The molecule has 0 aliphatic carbocycles. The molecule has 3 aromatic rings. The minimum atomic E-state index is -1.08. The molecular weight excluding hydrogens is 564 g/mol. The van der Waals surface area contributed by atoms with Crippen LogP contribution in [0.4, 0.5) is 8.78 Å². The molecule has 1 saturated heterocycles. The number of hydrogen-bond acceptors (Lipinski definition) is 5.